The second kappa shape index (κ2) is 8.71. The molecule has 3 N–H and O–H groups in total. The van der Waals surface area contributed by atoms with Crippen molar-refractivity contribution in [3.63, 3.8) is 0 Å². The van der Waals surface area contributed by atoms with E-state index >= 15 is 0 Å². The molecule has 0 aromatic heterocycles. The van der Waals surface area contributed by atoms with Crippen molar-refractivity contribution >= 4 is 12.0 Å². The van der Waals surface area contributed by atoms with Crippen LogP contribution in [-0.4, -0.2) is 66.6 Å². The van der Waals surface area contributed by atoms with Gasteiger partial charge in [-0.2, -0.15) is 0 Å². The number of carbonyl (C=O) groups is 2. The van der Waals surface area contributed by atoms with Crippen molar-refractivity contribution in [1.82, 2.24) is 10.2 Å². The summed E-state index contributed by atoms with van der Waals surface area (Å²) >= 11 is 0. The Morgan fingerprint density at radius 3 is 2.39 bits per heavy atom. The Bertz CT molecular complexity index is 270. The maximum atomic E-state index is 11.8. The molecule has 0 bridgehead atoms. The van der Waals surface area contributed by atoms with E-state index in [-0.39, 0.29) is 5.92 Å². The molecule has 0 aliphatic heterocycles. The number of urea groups is 1. The third-order valence-electron chi connectivity index (χ3n) is 2.22. The first kappa shape index (κ1) is 16.7. The Balaban J connectivity index is 4.47. The number of amides is 2. The van der Waals surface area contributed by atoms with E-state index in [1.54, 1.807) is 0 Å². The standard InChI is InChI=1S/C11H22N2O5/c1-8(2)6-13(4-5-18-3)11(17)12-9(7-14)10(15)16/h8-9,14H,4-7H2,1-3H3,(H,12,17)(H,15,16). The number of aliphatic carboxylic acids is 1. The fourth-order valence-electron chi connectivity index (χ4n) is 1.34. The molecule has 0 radical (unpaired) electrons. The second-order valence-corrected chi connectivity index (χ2v) is 4.36. The number of nitrogens with one attached hydrogen (secondary N) is 1. The Kier molecular flexibility index (Phi) is 8.06. The lowest BCUT2D eigenvalue weighted by Gasteiger charge is -2.26. The smallest absolute Gasteiger partial charge is 0.328 e. The van der Waals surface area contributed by atoms with Gasteiger partial charge in [-0.05, 0) is 5.92 Å². The van der Waals surface area contributed by atoms with Crippen molar-refractivity contribution in [1.29, 1.82) is 0 Å². The molecule has 0 aromatic rings. The van der Waals surface area contributed by atoms with Gasteiger partial charge in [0.1, 0.15) is 0 Å². The number of ether oxygens (including phenoxy) is 1. The lowest BCUT2D eigenvalue weighted by Crippen LogP contribution is -2.51. The summed E-state index contributed by atoms with van der Waals surface area (Å²) < 4.78 is 4.90. The number of hydrogen-bond donors (Lipinski definition) is 3. The molecule has 106 valence electrons. The predicted octanol–water partition coefficient (Wildman–Crippen LogP) is -0.254. The third kappa shape index (κ3) is 6.41. The van der Waals surface area contributed by atoms with E-state index in [1.165, 1.54) is 12.0 Å². The largest absolute Gasteiger partial charge is 0.480 e. The van der Waals surface area contributed by atoms with Crippen LogP contribution in [-0.2, 0) is 9.53 Å². The van der Waals surface area contributed by atoms with Gasteiger partial charge in [0.15, 0.2) is 6.04 Å². The Hall–Kier alpha value is -1.34. The van der Waals surface area contributed by atoms with Crippen LogP contribution in [0, 0.1) is 5.92 Å². The molecule has 7 nitrogen and oxygen atoms in total. The highest BCUT2D eigenvalue weighted by atomic mass is 16.5. The number of aliphatic hydroxyl groups excluding tert-OH is 1. The molecule has 0 aliphatic carbocycles. The molecular weight excluding hydrogens is 240 g/mol. The minimum absolute atomic E-state index is 0.255. The van der Waals surface area contributed by atoms with Crippen molar-refractivity contribution < 1.29 is 24.5 Å². The number of aliphatic hydroxyl groups is 1. The molecule has 0 aromatic carbocycles. The normalized spacial score (nSPS) is 12.3. The summed E-state index contributed by atoms with van der Waals surface area (Å²) in [6.45, 7) is 4.50. The van der Waals surface area contributed by atoms with Crippen molar-refractivity contribution in [3.05, 3.63) is 0 Å². The van der Waals surface area contributed by atoms with Crippen molar-refractivity contribution in [2.75, 3.05) is 33.4 Å². The summed E-state index contributed by atoms with van der Waals surface area (Å²) in [4.78, 5) is 24.0. The van der Waals surface area contributed by atoms with Gasteiger partial charge < -0.3 is 25.2 Å². The van der Waals surface area contributed by atoms with E-state index in [0.29, 0.717) is 19.7 Å². The molecule has 0 heterocycles. The van der Waals surface area contributed by atoms with Gasteiger partial charge in [0.25, 0.3) is 0 Å². The molecule has 7 heteroatoms. The first-order valence-corrected chi connectivity index (χ1v) is 5.80. The van der Waals surface area contributed by atoms with Crippen LogP contribution in [0.15, 0.2) is 0 Å². The topological polar surface area (TPSA) is 99.1 Å². The van der Waals surface area contributed by atoms with Gasteiger partial charge in [-0.1, -0.05) is 13.8 Å². The fourth-order valence-corrected chi connectivity index (χ4v) is 1.34. The van der Waals surface area contributed by atoms with E-state index in [0.717, 1.165) is 0 Å². The number of carboxylic acids is 1. The molecule has 1 atom stereocenters. The molecule has 2 amide bonds. The molecule has 0 fully saturated rings. The van der Waals surface area contributed by atoms with E-state index < -0.39 is 24.6 Å². The molecule has 18 heavy (non-hydrogen) atoms. The van der Waals surface area contributed by atoms with Crippen LogP contribution in [0.4, 0.5) is 4.79 Å². The van der Waals surface area contributed by atoms with Gasteiger partial charge in [-0.3, -0.25) is 0 Å². The van der Waals surface area contributed by atoms with Crippen LogP contribution in [0.5, 0.6) is 0 Å². The summed E-state index contributed by atoms with van der Waals surface area (Å²) in [6.07, 6.45) is 0. The van der Waals surface area contributed by atoms with Crippen LogP contribution < -0.4 is 5.32 Å². The summed E-state index contributed by atoms with van der Waals surface area (Å²) in [7, 11) is 1.53. The van der Waals surface area contributed by atoms with Crippen molar-refractivity contribution in [2.45, 2.75) is 19.9 Å². The molecule has 0 saturated carbocycles. The highest BCUT2D eigenvalue weighted by Crippen LogP contribution is 2.00. The lowest BCUT2D eigenvalue weighted by atomic mass is 10.2. The Morgan fingerprint density at radius 2 is 2.00 bits per heavy atom. The van der Waals surface area contributed by atoms with Gasteiger partial charge in [0.05, 0.1) is 13.2 Å². The molecule has 1 unspecified atom stereocenters. The Morgan fingerprint density at radius 1 is 1.39 bits per heavy atom. The van der Waals surface area contributed by atoms with E-state index in [2.05, 4.69) is 5.32 Å². The highest BCUT2D eigenvalue weighted by Gasteiger charge is 2.22. The minimum Gasteiger partial charge on any atom is -0.480 e. The van der Waals surface area contributed by atoms with Crippen LogP contribution in [0.2, 0.25) is 0 Å². The molecule has 0 rings (SSSR count). The maximum absolute atomic E-state index is 11.8. The average Bonchev–Trinajstić information content (AvgIpc) is 2.30. The quantitative estimate of drug-likeness (QED) is 0.560. The number of carbonyl (C=O) groups excluding carboxylic acids is 1. The summed E-state index contributed by atoms with van der Waals surface area (Å²) in [5.74, 6) is -1.01. The first-order chi connectivity index (χ1) is 8.42. The number of nitrogens with zero attached hydrogens (tertiary/aromatic N) is 1. The van der Waals surface area contributed by atoms with Crippen LogP contribution in [0.3, 0.4) is 0 Å². The molecule has 0 saturated heterocycles. The maximum Gasteiger partial charge on any atom is 0.328 e. The summed E-state index contributed by atoms with van der Waals surface area (Å²) in [5.41, 5.74) is 0. The van der Waals surface area contributed by atoms with Crippen LogP contribution in [0.25, 0.3) is 0 Å². The second-order valence-electron chi connectivity index (χ2n) is 4.36. The van der Waals surface area contributed by atoms with Gasteiger partial charge in [0.2, 0.25) is 0 Å². The highest BCUT2D eigenvalue weighted by molar-refractivity contribution is 5.82. The average molecular weight is 262 g/mol. The molecule has 0 aliphatic rings. The Labute approximate surface area is 107 Å². The van der Waals surface area contributed by atoms with Crippen LogP contribution >= 0.6 is 0 Å². The molecular formula is C11H22N2O5. The number of carboxylic acid groups (broad SMARTS) is 1. The lowest BCUT2D eigenvalue weighted by molar-refractivity contribution is -0.140. The number of rotatable bonds is 8. The van der Waals surface area contributed by atoms with Crippen LogP contribution in [0.1, 0.15) is 13.8 Å². The third-order valence-corrected chi connectivity index (χ3v) is 2.22. The number of methoxy groups -OCH3 is 1. The van der Waals surface area contributed by atoms with Crippen molar-refractivity contribution in [2.24, 2.45) is 5.92 Å². The fraction of sp³-hybridized carbons (Fsp3) is 0.818. The summed E-state index contributed by atoms with van der Waals surface area (Å²) in [5, 5.41) is 19.9. The zero-order valence-electron chi connectivity index (χ0n) is 11.0. The van der Waals surface area contributed by atoms with E-state index in [1.807, 2.05) is 13.8 Å². The zero-order valence-corrected chi connectivity index (χ0v) is 11.0. The molecule has 0 spiro atoms. The van der Waals surface area contributed by atoms with E-state index in [9.17, 15) is 9.59 Å². The monoisotopic (exact) mass is 262 g/mol. The zero-order chi connectivity index (χ0) is 14.1. The van der Waals surface area contributed by atoms with Gasteiger partial charge in [-0.25, -0.2) is 9.59 Å². The summed E-state index contributed by atoms with van der Waals surface area (Å²) in [6, 6.07) is -1.79. The van der Waals surface area contributed by atoms with E-state index in [4.69, 9.17) is 14.9 Å². The van der Waals surface area contributed by atoms with Gasteiger partial charge >= 0.3 is 12.0 Å². The predicted molar refractivity (Wildman–Crippen MR) is 65.3 cm³/mol. The number of hydrogen-bond acceptors (Lipinski definition) is 4. The minimum atomic E-state index is -1.28. The first-order valence-electron chi connectivity index (χ1n) is 5.80. The SMILES string of the molecule is COCCN(CC(C)C)C(=O)NC(CO)C(=O)O. The van der Waals surface area contributed by atoms with Gasteiger partial charge in [-0.15, -0.1) is 0 Å². The van der Waals surface area contributed by atoms with Crippen molar-refractivity contribution in [3.8, 4) is 0 Å². The van der Waals surface area contributed by atoms with Gasteiger partial charge in [0, 0.05) is 20.2 Å².